The molecule has 106 valence electrons. The van der Waals surface area contributed by atoms with Crippen LogP contribution < -0.4 is 5.56 Å². The highest BCUT2D eigenvalue weighted by Crippen LogP contribution is 1.97. The van der Waals surface area contributed by atoms with Crippen molar-refractivity contribution in [2.45, 2.75) is 6.92 Å². The third-order valence-corrected chi connectivity index (χ3v) is 2.18. The molecular weight excluding hydrogens is 266 g/mol. The molecule has 2 aromatic rings. The summed E-state index contributed by atoms with van der Waals surface area (Å²) in [6.45, 7) is 1.81. The van der Waals surface area contributed by atoms with Gasteiger partial charge in [0.05, 0.1) is 0 Å². The highest BCUT2D eigenvalue weighted by Gasteiger charge is 2.00. The fourth-order valence-corrected chi connectivity index (χ4v) is 1.36. The Morgan fingerprint density at radius 2 is 1.75 bits per heavy atom. The van der Waals surface area contributed by atoms with Crippen molar-refractivity contribution in [1.29, 1.82) is 0 Å². The lowest BCUT2D eigenvalue weighted by atomic mass is 10.4. The van der Waals surface area contributed by atoms with Crippen LogP contribution in [0.3, 0.4) is 0 Å². The van der Waals surface area contributed by atoms with Crippen molar-refractivity contribution in [3.8, 4) is 0 Å². The zero-order valence-electron chi connectivity index (χ0n) is 10.8. The fourth-order valence-electron chi connectivity index (χ4n) is 1.36. The minimum atomic E-state index is -1.26. The van der Waals surface area contributed by atoms with Crippen molar-refractivity contribution >= 4 is 17.7 Å². The molecule has 0 aliphatic rings. The first-order valence-corrected chi connectivity index (χ1v) is 5.46. The lowest BCUT2D eigenvalue weighted by Gasteiger charge is -1.96. The Kier molecular flexibility index (Phi) is 4.79. The van der Waals surface area contributed by atoms with Crippen molar-refractivity contribution in [3.05, 3.63) is 46.7 Å². The Balaban J connectivity index is 0.000000221. The number of hydrogen-bond acceptors (Lipinski definition) is 4. The minimum Gasteiger partial charge on any atom is -0.478 e. The zero-order valence-corrected chi connectivity index (χ0v) is 10.8. The Hall–Kier alpha value is -2.90. The second kappa shape index (κ2) is 6.32. The van der Waals surface area contributed by atoms with E-state index in [0.29, 0.717) is 17.9 Å². The molecule has 2 heterocycles. The summed E-state index contributed by atoms with van der Waals surface area (Å²) in [5, 5.41) is 15.6. The van der Waals surface area contributed by atoms with Gasteiger partial charge in [0, 0.05) is 43.4 Å². The van der Waals surface area contributed by atoms with Crippen LogP contribution in [0.15, 0.2) is 35.4 Å². The van der Waals surface area contributed by atoms with E-state index in [4.69, 9.17) is 10.2 Å². The van der Waals surface area contributed by atoms with E-state index >= 15 is 0 Å². The van der Waals surface area contributed by atoms with E-state index in [1.165, 1.54) is 10.5 Å². The van der Waals surface area contributed by atoms with Crippen molar-refractivity contribution in [2.24, 2.45) is 7.05 Å². The number of aryl methyl sites for hydroxylation is 2. The van der Waals surface area contributed by atoms with Crippen LogP contribution in [0.1, 0.15) is 5.69 Å². The van der Waals surface area contributed by atoms with Gasteiger partial charge in [-0.3, -0.25) is 9.20 Å². The van der Waals surface area contributed by atoms with Crippen LogP contribution in [0, 0.1) is 6.92 Å². The van der Waals surface area contributed by atoms with Gasteiger partial charge in [0.15, 0.2) is 0 Å². The van der Waals surface area contributed by atoms with Gasteiger partial charge in [-0.2, -0.15) is 0 Å². The number of imidazole rings is 1. The summed E-state index contributed by atoms with van der Waals surface area (Å²) in [6.07, 6.45) is 4.64. The third kappa shape index (κ3) is 4.09. The quantitative estimate of drug-likeness (QED) is 0.751. The fraction of sp³-hybridized carbons (Fsp3) is 0.167. The molecule has 2 aromatic heterocycles. The van der Waals surface area contributed by atoms with E-state index < -0.39 is 11.9 Å². The molecule has 0 radical (unpaired) electrons. The summed E-state index contributed by atoms with van der Waals surface area (Å²) in [5.41, 5.74) is 0.722. The number of aliphatic carboxylic acids is 2. The van der Waals surface area contributed by atoms with E-state index in [1.807, 2.05) is 24.7 Å². The molecule has 0 aromatic carbocycles. The van der Waals surface area contributed by atoms with Gasteiger partial charge in [-0.05, 0) is 6.92 Å². The van der Waals surface area contributed by atoms with Crippen LogP contribution in [0.5, 0.6) is 0 Å². The van der Waals surface area contributed by atoms with Gasteiger partial charge >= 0.3 is 11.9 Å². The molecule has 0 fully saturated rings. The van der Waals surface area contributed by atoms with Gasteiger partial charge in [0.25, 0.3) is 5.56 Å². The van der Waals surface area contributed by atoms with Gasteiger partial charge in [-0.1, -0.05) is 0 Å². The lowest BCUT2D eigenvalue weighted by molar-refractivity contribution is -0.134. The van der Waals surface area contributed by atoms with Gasteiger partial charge in [0.2, 0.25) is 5.78 Å². The SMILES string of the molecule is Cc1cc(=O)n2ccn(C)c2n1.O=C(O)/C=C/C(=O)O. The first kappa shape index (κ1) is 15.2. The van der Waals surface area contributed by atoms with Gasteiger partial charge < -0.3 is 14.8 Å². The standard InChI is InChI=1S/C8H9N3O.C4H4O4/c1-6-5-7(12)11-4-3-10(2)8(11)9-6;5-3(6)1-2-4(7)8/h3-5H,1-2H3;1-2H,(H,5,6)(H,7,8)/b;2-1+. The van der Waals surface area contributed by atoms with Crippen LogP contribution in [0.2, 0.25) is 0 Å². The molecule has 20 heavy (non-hydrogen) atoms. The van der Waals surface area contributed by atoms with Crippen molar-refractivity contribution < 1.29 is 19.8 Å². The van der Waals surface area contributed by atoms with Crippen molar-refractivity contribution in [2.75, 3.05) is 0 Å². The Morgan fingerprint density at radius 1 is 1.20 bits per heavy atom. The molecule has 8 nitrogen and oxygen atoms in total. The molecule has 0 aliphatic heterocycles. The largest absolute Gasteiger partial charge is 0.478 e. The van der Waals surface area contributed by atoms with E-state index in [-0.39, 0.29) is 5.56 Å². The number of carbonyl (C=O) groups is 2. The number of rotatable bonds is 2. The molecule has 0 saturated heterocycles. The molecule has 0 saturated carbocycles. The molecule has 8 heteroatoms. The molecular formula is C12H13N3O5. The first-order chi connectivity index (χ1) is 9.31. The summed E-state index contributed by atoms with van der Waals surface area (Å²) in [5.74, 6) is -1.83. The molecule has 0 amide bonds. The maximum Gasteiger partial charge on any atom is 0.328 e. The van der Waals surface area contributed by atoms with E-state index in [2.05, 4.69) is 4.98 Å². The van der Waals surface area contributed by atoms with E-state index in [1.54, 1.807) is 6.20 Å². The molecule has 0 bridgehead atoms. The maximum atomic E-state index is 11.3. The van der Waals surface area contributed by atoms with Gasteiger partial charge in [-0.25, -0.2) is 14.6 Å². The topological polar surface area (TPSA) is 114 Å². The van der Waals surface area contributed by atoms with Crippen LogP contribution in [-0.4, -0.2) is 36.1 Å². The van der Waals surface area contributed by atoms with Gasteiger partial charge in [-0.15, -0.1) is 0 Å². The van der Waals surface area contributed by atoms with Crippen molar-refractivity contribution in [3.63, 3.8) is 0 Å². The van der Waals surface area contributed by atoms with Gasteiger partial charge in [0.1, 0.15) is 0 Å². The highest BCUT2D eigenvalue weighted by molar-refractivity contribution is 5.89. The monoisotopic (exact) mass is 279 g/mol. The average molecular weight is 279 g/mol. The summed E-state index contributed by atoms with van der Waals surface area (Å²) in [7, 11) is 1.86. The average Bonchev–Trinajstić information content (AvgIpc) is 2.70. The highest BCUT2D eigenvalue weighted by atomic mass is 16.4. The van der Waals surface area contributed by atoms with Crippen LogP contribution in [0.4, 0.5) is 0 Å². The third-order valence-electron chi connectivity index (χ3n) is 2.18. The number of nitrogens with zero attached hydrogens (tertiary/aromatic N) is 3. The summed E-state index contributed by atoms with van der Waals surface area (Å²) in [4.78, 5) is 34.7. The number of aromatic nitrogens is 3. The van der Waals surface area contributed by atoms with Crippen LogP contribution in [-0.2, 0) is 16.6 Å². The molecule has 2 N–H and O–H groups in total. The minimum absolute atomic E-state index is 0.0295. The number of hydrogen-bond donors (Lipinski definition) is 2. The first-order valence-electron chi connectivity index (χ1n) is 5.46. The zero-order chi connectivity index (χ0) is 15.3. The molecule has 0 atom stereocenters. The second-order valence-corrected chi connectivity index (χ2v) is 3.82. The van der Waals surface area contributed by atoms with E-state index in [0.717, 1.165) is 5.69 Å². The Labute approximate surface area is 113 Å². The predicted molar refractivity (Wildman–Crippen MR) is 69.6 cm³/mol. The Morgan fingerprint density at radius 3 is 2.25 bits per heavy atom. The van der Waals surface area contributed by atoms with E-state index in [9.17, 15) is 14.4 Å². The molecule has 2 rings (SSSR count). The lowest BCUT2D eigenvalue weighted by Crippen LogP contribution is -2.13. The summed E-state index contributed by atoms with van der Waals surface area (Å²) < 4.78 is 3.33. The maximum absolute atomic E-state index is 11.3. The van der Waals surface area contributed by atoms with Crippen molar-refractivity contribution in [1.82, 2.24) is 14.0 Å². The van der Waals surface area contributed by atoms with Crippen LogP contribution >= 0.6 is 0 Å². The normalized spacial score (nSPS) is 10.3. The number of carboxylic acid groups (broad SMARTS) is 2. The number of fused-ring (bicyclic) bond motifs is 1. The summed E-state index contributed by atoms with van der Waals surface area (Å²) >= 11 is 0. The summed E-state index contributed by atoms with van der Waals surface area (Å²) in [6, 6.07) is 1.52. The second-order valence-electron chi connectivity index (χ2n) is 3.82. The predicted octanol–water partition coefficient (Wildman–Crippen LogP) is 0.0532. The smallest absolute Gasteiger partial charge is 0.328 e. The van der Waals surface area contributed by atoms with Crippen LogP contribution in [0.25, 0.3) is 5.78 Å². The Bertz CT molecular complexity index is 710. The molecule has 0 spiro atoms. The molecule has 0 unspecified atom stereocenters. The number of carboxylic acids is 2. The molecule has 0 aliphatic carbocycles.